The number of H-pyrrole nitrogens is 1. The Morgan fingerprint density at radius 3 is 2.56 bits per heavy atom. The minimum absolute atomic E-state index is 0.243. The maximum atomic E-state index is 12.0. The number of rotatable bonds is 5. The molecule has 25 heavy (non-hydrogen) atoms. The molecule has 2 amide bonds. The van der Waals surface area contributed by atoms with Crippen LogP contribution < -0.4 is 15.6 Å². The highest BCUT2D eigenvalue weighted by atomic mass is 16.5. The number of carbonyl (C=O) groups is 2. The highest BCUT2D eigenvalue weighted by Gasteiger charge is 2.09. The van der Waals surface area contributed by atoms with Crippen molar-refractivity contribution in [1.82, 2.24) is 15.8 Å². The van der Waals surface area contributed by atoms with E-state index < -0.39 is 0 Å². The van der Waals surface area contributed by atoms with Crippen molar-refractivity contribution in [3.63, 3.8) is 0 Å². The summed E-state index contributed by atoms with van der Waals surface area (Å²) in [4.78, 5) is 27.1. The van der Waals surface area contributed by atoms with Gasteiger partial charge in [-0.2, -0.15) is 0 Å². The van der Waals surface area contributed by atoms with Gasteiger partial charge in [0, 0.05) is 29.1 Å². The zero-order valence-electron chi connectivity index (χ0n) is 13.8. The molecular formula is C19H19N3O3. The van der Waals surface area contributed by atoms with Gasteiger partial charge >= 0.3 is 0 Å². The number of nitrogens with one attached hydrogen (secondary N) is 3. The molecule has 3 aromatic rings. The molecule has 0 aliphatic carbocycles. The molecule has 0 radical (unpaired) electrons. The average Bonchev–Trinajstić information content (AvgIpc) is 3.07. The van der Waals surface area contributed by atoms with Crippen LogP contribution >= 0.6 is 0 Å². The van der Waals surface area contributed by atoms with Gasteiger partial charge in [0.25, 0.3) is 5.91 Å². The molecule has 3 rings (SSSR count). The third kappa shape index (κ3) is 3.98. The SMILES string of the molecule is COc1ccc(C(=O)NNC(=O)CCc2c[nH]c3ccccc23)cc1. The highest BCUT2D eigenvalue weighted by Crippen LogP contribution is 2.18. The first-order valence-corrected chi connectivity index (χ1v) is 7.95. The van der Waals surface area contributed by atoms with Gasteiger partial charge in [-0.1, -0.05) is 18.2 Å². The first-order chi connectivity index (χ1) is 12.2. The third-order valence-corrected chi connectivity index (χ3v) is 3.96. The standard InChI is InChI=1S/C19H19N3O3/c1-25-15-9-6-13(7-10-15)19(24)22-21-18(23)11-8-14-12-20-17-5-3-2-4-16(14)17/h2-7,9-10,12,20H,8,11H2,1H3,(H,21,23)(H,22,24). The van der Waals surface area contributed by atoms with Crippen molar-refractivity contribution in [3.8, 4) is 5.75 Å². The zero-order valence-corrected chi connectivity index (χ0v) is 13.8. The van der Waals surface area contributed by atoms with Gasteiger partial charge in [-0.25, -0.2) is 0 Å². The maximum Gasteiger partial charge on any atom is 0.269 e. The fraction of sp³-hybridized carbons (Fsp3) is 0.158. The molecule has 6 heteroatoms. The maximum absolute atomic E-state index is 12.0. The first-order valence-electron chi connectivity index (χ1n) is 7.95. The Kier molecular flexibility index (Phi) is 4.99. The molecule has 0 atom stereocenters. The molecule has 1 aromatic heterocycles. The van der Waals surface area contributed by atoms with Crippen molar-refractivity contribution < 1.29 is 14.3 Å². The number of aromatic amines is 1. The van der Waals surface area contributed by atoms with Gasteiger partial charge < -0.3 is 9.72 Å². The molecule has 0 saturated carbocycles. The minimum Gasteiger partial charge on any atom is -0.497 e. The lowest BCUT2D eigenvalue weighted by Crippen LogP contribution is -2.41. The number of hydrogen-bond donors (Lipinski definition) is 3. The molecular weight excluding hydrogens is 318 g/mol. The van der Waals surface area contributed by atoms with Crippen LogP contribution in [0.5, 0.6) is 5.75 Å². The zero-order chi connectivity index (χ0) is 17.6. The summed E-state index contributed by atoms with van der Waals surface area (Å²) < 4.78 is 5.04. The van der Waals surface area contributed by atoms with Crippen molar-refractivity contribution in [2.24, 2.45) is 0 Å². The van der Waals surface area contributed by atoms with Gasteiger partial charge in [0.2, 0.25) is 5.91 Å². The lowest BCUT2D eigenvalue weighted by Gasteiger charge is -2.08. The number of hydrazine groups is 1. The quantitative estimate of drug-likeness (QED) is 0.626. The molecule has 6 nitrogen and oxygen atoms in total. The fourth-order valence-corrected chi connectivity index (χ4v) is 2.59. The van der Waals surface area contributed by atoms with Crippen LogP contribution in [0, 0.1) is 0 Å². The summed E-state index contributed by atoms with van der Waals surface area (Å²) in [6.45, 7) is 0. The number of hydrogen-bond acceptors (Lipinski definition) is 3. The summed E-state index contributed by atoms with van der Waals surface area (Å²) in [5.74, 6) is 0.0505. The summed E-state index contributed by atoms with van der Waals surface area (Å²) in [6.07, 6.45) is 2.78. The Labute approximate surface area is 145 Å². The second-order valence-corrected chi connectivity index (χ2v) is 5.59. The van der Waals surface area contributed by atoms with E-state index in [2.05, 4.69) is 15.8 Å². The summed E-state index contributed by atoms with van der Waals surface area (Å²) in [5.41, 5.74) is 7.42. The molecule has 0 bridgehead atoms. The molecule has 128 valence electrons. The molecule has 3 N–H and O–H groups in total. The van der Waals surface area contributed by atoms with Gasteiger partial charge in [0.1, 0.15) is 5.75 Å². The topological polar surface area (TPSA) is 83.2 Å². The Bertz CT molecular complexity index is 884. The summed E-state index contributed by atoms with van der Waals surface area (Å²) in [7, 11) is 1.56. The van der Waals surface area contributed by atoms with Crippen LogP contribution in [0.4, 0.5) is 0 Å². The molecule has 0 spiro atoms. The second kappa shape index (κ2) is 7.53. The van der Waals surface area contributed by atoms with E-state index in [9.17, 15) is 9.59 Å². The summed E-state index contributed by atoms with van der Waals surface area (Å²) in [5, 5.41) is 1.11. The number of para-hydroxylation sites is 1. The van der Waals surface area contributed by atoms with Gasteiger partial charge in [-0.05, 0) is 42.3 Å². The average molecular weight is 337 g/mol. The number of ether oxygens (including phenoxy) is 1. The molecule has 0 aliphatic rings. The largest absolute Gasteiger partial charge is 0.497 e. The van der Waals surface area contributed by atoms with Crippen molar-refractivity contribution >= 4 is 22.7 Å². The molecule has 0 saturated heterocycles. The first kappa shape index (κ1) is 16.6. The monoisotopic (exact) mass is 337 g/mol. The number of aromatic nitrogens is 1. The third-order valence-electron chi connectivity index (χ3n) is 3.96. The van der Waals surface area contributed by atoms with Crippen molar-refractivity contribution in [2.75, 3.05) is 7.11 Å². The van der Waals surface area contributed by atoms with Crippen molar-refractivity contribution in [1.29, 1.82) is 0 Å². The van der Waals surface area contributed by atoms with Crippen LogP contribution in [-0.4, -0.2) is 23.9 Å². The van der Waals surface area contributed by atoms with Crippen LogP contribution in [-0.2, 0) is 11.2 Å². The van der Waals surface area contributed by atoms with Crippen LogP contribution in [0.25, 0.3) is 10.9 Å². The fourth-order valence-electron chi connectivity index (χ4n) is 2.59. The van der Waals surface area contributed by atoms with E-state index in [1.165, 1.54) is 0 Å². The Morgan fingerprint density at radius 2 is 1.80 bits per heavy atom. The molecule has 2 aromatic carbocycles. The summed E-state index contributed by atoms with van der Waals surface area (Å²) in [6, 6.07) is 14.6. The van der Waals surface area contributed by atoms with Crippen LogP contribution in [0.15, 0.2) is 54.7 Å². The molecule has 0 aliphatic heterocycles. The van der Waals surface area contributed by atoms with Crippen LogP contribution in [0.2, 0.25) is 0 Å². The number of fused-ring (bicyclic) bond motifs is 1. The van der Waals surface area contributed by atoms with Crippen molar-refractivity contribution in [3.05, 3.63) is 65.9 Å². The van der Waals surface area contributed by atoms with E-state index in [-0.39, 0.29) is 18.2 Å². The number of carbonyl (C=O) groups excluding carboxylic acids is 2. The number of methoxy groups -OCH3 is 1. The lowest BCUT2D eigenvalue weighted by molar-refractivity contribution is -0.121. The number of benzene rings is 2. The minimum atomic E-state index is -0.372. The Balaban J connectivity index is 1.50. The molecule has 0 fully saturated rings. The lowest BCUT2D eigenvalue weighted by atomic mass is 10.1. The van der Waals surface area contributed by atoms with E-state index >= 15 is 0 Å². The van der Waals surface area contributed by atoms with Crippen molar-refractivity contribution in [2.45, 2.75) is 12.8 Å². The number of aryl methyl sites for hydroxylation is 1. The smallest absolute Gasteiger partial charge is 0.269 e. The van der Waals surface area contributed by atoms with Crippen LogP contribution in [0.3, 0.4) is 0 Å². The van der Waals surface area contributed by atoms with Gasteiger partial charge in [-0.3, -0.25) is 20.4 Å². The Morgan fingerprint density at radius 1 is 1.04 bits per heavy atom. The predicted octanol–water partition coefficient (Wildman–Crippen LogP) is 2.57. The molecule has 0 unspecified atom stereocenters. The summed E-state index contributed by atoms with van der Waals surface area (Å²) >= 11 is 0. The Hall–Kier alpha value is -3.28. The predicted molar refractivity (Wildman–Crippen MR) is 95.2 cm³/mol. The van der Waals surface area contributed by atoms with Gasteiger partial charge in [-0.15, -0.1) is 0 Å². The van der Waals surface area contributed by atoms with Gasteiger partial charge in [0.05, 0.1) is 7.11 Å². The molecule has 1 heterocycles. The van der Waals surface area contributed by atoms with E-state index in [1.807, 2.05) is 30.5 Å². The van der Waals surface area contributed by atoms with E-state index in [0.717, 1.165) is 16.5 Å². The van der Waals surface area contributed by atoms with E-state index in [1.54, 1.807) is 31.4 Å². The van der Waals surface area contributed by atoms with E-state index in [0.29, 0.717) is 17.7 Å². The number of amides is 2. The highest BCUT2D eigenvalue weighted by molar-refractivity contribution is 5.95. The van der Waals surface area contributed by atoms with E-state index in [4.69, 9.17) is 4.74 Å². The second-order valence-electron chi connectivity index (χ2n) is 5.59. The normalized spacial score (nSPS) is 10.4. The van der Waals surface area contributed by atoms with Crippen LogP contribution in [0.1, 0.15) is 22.3 Å². The van der Waals surface area contributed by atoms with Gasteiger partial charge in [0.15, 0.2) is 0 Å².